The maximum Gasteiger partial charge on any atom is 0.261 e. The summed E-state index contributed by atoms with van der Waals surface area (Å²) < 4.78 is 0. The van der Waals surface area contributed by atoms with E-state index in [1.807, 2.05) is 0 Å². The van der Waals surface area contributed by atoms with E-state index < -0.39 is 0 Å². The van der Waals surface area contributed by atoms with Crippen molar-refractivity contribution in [1.82, 2.24) is 10.2 Å². The molecule has 1 aromatic rings. The Hall–Kier alpha value is -1.68. The minimum absolute atomic E-state index is 0.0221. The normalized spacial score (nSPS) is 27.5. The van der Waals surface area contributed by atoms with Gasteiger partial charge in [0.25, 0.3) is 11.8 Å². The first-order valence-corrected chi connectivity index (χ1v) is 6.38. The lowest BCUT2D eigenvalue weighted by molar-refractivity contribution is 0.0504. The van der Waals surface area contributed by atoms with E-state index in [0.717, 1.165) is 13.0 Å². The first-order valence-electron chi connectivity index (χ1n) is 6.38. The highest BCUT2D eigenvalue weighted by Crippen LogP contribution is 2.28. The summed E-state index contributed by atoms with van der Waals surface area (Å²) in [7, 11) is 0. The number of nitrogens with zero attached hydrogens (tertiary/aromatic N) is 1. The van der Waals surface area contributed by atoms with E-state index in [9.17, 15) is 9.59 Å². The molecule has 2 heterocycles. The Labute approximate surface area is 106 Å². The first-order chi connectivity index (χ1) is 8.70. The molecule has 0 spiro atoms. The van der Waals surface area contributed by atoms with Crippen LogP contribution in [0.5, 0.6) is 0 Å². The average molecular weight is 244 g/mol. The Morgan fingerprint density at radius 3 is 2.33 bits per heavy atom. The molecule has 2 atom stereocenters. The van der Waals surface area contributed by atoms with Crippen molar-refractivity contribution in [3.8, 4) is 0 Å². The number of imide groups is 1. The molecule has 0 saturated carbocycles. The Morgan fingerprint density at radius 1 is 1.17 bits per heavy atom. The van der Waals surface area contributed by atoms with E-state index >= 15 is 0 Å². The Kier molecular flexibility index (Phi) is 2.67. The number of rotatable bonds is 1. The van der Waals surface area contributed by atoms with Gasteiger partial charge in [0.15, 0.2) is 0 Å². The predicted molar refractivity (Wildman–Crippen MR) is 67.4 cm³/mol. The van der Waals surface area contributed by atoms with Crippen LogP contribution >= 0.6 is 0 Å². The fourth-order valence-electron chi connectivity index (χ4n) is 2.83. The molecule has 4 heteroatoms. The third-order valence-corrected chi connectivity index (χ3v) is 3.94. The summed E-state index contributed by atoms with van der Waals surface area (Å²) in [5.74, 6) is 0.0702. The second-order valence-electron chi connectivity index (χ2n) is 5.06. The second-order valence-corrected chi connectivity index (χ2v) is 5.06. The van der Waals surface area contributed by atoms with Gasteiger partial charge in [-0.05, 0) is 31.0 Å². The summed E-state index contributed by atoms with van der Waals surface area (Å²) >= 11 is 0. The highest BCUT2D eigenvalue weighted by Gasteiger charge is 2.42. The van der Waals surface area contributed by atoms with E-state index in [1.54, 1.807) is 24.3 Å². The van der Waals surface area contributed by atoms with Crippen molar-refractivity contribution in [3.63, 3.8) is 0 Å². The number of hydrogen-bond acceptors (Lipinski definition) is 3. The number of hydrogen-bond donors (Lipinski definition) is 1. The van der Waals surface area contributed by atoms with Crippen molar-refractivity contribution in [2.24, 2.45) is 5.92 Å². The highest BCUT2D eigenvalue weighted by atomic mass is 16.2. The summed E-state index contributed by atoms with van der Waals surface area (Å²) in [4.78, 5) is 26.1. The van der Waals surface area contributed by atoms with E-state index in [1.165, 1.54) is 4.90 Å². The highest BCUT2D eigenvalue weighted by molar-refractivity contribution is 6.21. The van der Waals surface area contributed by atoms with Gasteiger partial charge in [-0.3, -0.25) is 14.5 Å². The third-order valence-electron chi connectivity index (χ3n) is 3.94. The summed E-state index contributed by atoms with van der Waals surface area (Å²) in [6.07, 6.45) is 0.998. The molecular formula is C14H16N2O2. The number of fused-ring (bicyclic) bond motifs is 1. The lowest BCUT2D eigenvalue weighted by atomic mass is 9.93. The van der Waals surface area contributed by atoms with Crippen LogP contribution in [-0.2, 0) is 0 Å². The number of carbonyl (C=O) groups is 2. The van der Waals surface area contributed by atoms with Crippen LogP contribution in [0.2, 0.25) is 0 Å². The van der Waals surface area contributed by atoms with E-state index in [4.69, 9.17) is 0 Å². The Balaban J connectivity index is 1.96. The van der Waals surface area contributed by atoms with E-state index in [-0.39, 0.29) is 17.9 Å². The minimum atomic E-state index is -0.142. The first kappa shape index (κ1) is 11.4. The summed E-state index contributed by atoms with van der Waals surface area (Å²) in [6.45, 7) is 3.77. The number of carbonyl (C=O) groups excluding carboxylic acids is 2. The minimum Gasteiger partial charge on any atom is -0.315 e. The van der Waals surface area contributed by atoms with Crippen molar-refractivity contribution in [2.45, 2.75) is 19.4 Å². The summed E-state index contributed by atoms with van der Waals surface area (Å²) in [6, 6.07) is 7.05. The lowest BCUT2D eigenvalue weighted by Crippen LogP contribution is -2.52. The van der Waals surface area contributed by atoms with Crippen molar-refractivity contribution in [3.05, 3.63) is 35.4 Å². The van der Waals surface area contributed by atoms with Crippen LogP contribution in [-0.4, -0.2) is 35.8 Å². The fraction of sp³-hybridized carbons (Fsp3) is 0.429. The summed E-state index contributed by atoms with van der Waals surface area (Å²) in [5.41, 5.74) is 1.08. The smallest absolute Gasteiger partial charge is 0.261 e. The molecule has 2 aliphatic rings. The quantitative estimate of drug-likeness (QED) is 0.757. The third kappa shape index (κ3) is 1.56. The summed E-state index contributed by atoms with van der Waals surface area (Å²) in [5, 5.41) is 3.26. The molecule has 18 heavy (non-hydrogen) atoms. The zero-order chi connectivity index (χ0) is 12.7. The monoisotopic (exact) mass is 244 g/mol. The zero-order valence-corrected chi connectivity index (χ0v) is 10.3. The van der Waals surface area contributed by atoms with Gasteiger partial charge in [0.05, 0.1) is 17.2 Å². The molecule has 1 saturated heterocycles. The molecular weight excluding hydrogens is 228 g/mol. The molecule has 0 bridgehead atoms. The molecule has 1 N–H and O–H groups in total. The van der Waals surface area contributed by atoms with Crippen LogP contribution in [0.3, 0.4) is 0 Å². The van der Waals surface area contributed by atoms with Gasteiger partial charge in [0.2, 0.25) is 0 Å². The van der Waals surface area contributed by atoms with Gasteiger partial charge < -0.3 is 5.32 Å². The van der Waals surface area contributed by atoms with Crippen molar-refractivity contribution < 1.29 is 9.59 Å². The molecule has 2 aliphatic heterocycles. The Bertz CT molecular complexity index is 477. The SMILES string of the molecule is CC1CCNC[C@@H]1N1C(=O)c2ccccc2C1=O. The maximum atomic E-state index is 12.3. The van der Waals surface area contributed by atoms with Gasteiger partial charge in [0.1, 0.15) is 0 Å². The van der Waals surface area contributed by atoms with Crippen LogP contribution in [0.15, 0.2) is 24.3 Å². The van der Waals surface area contributed by atoms with Crippen molar-refractivity contribution in [2.75, 3.05) is 13.1 Å². The predicted octanol–water partition coefficient (Wildman–Crippen LogP) is 1.28. The average Bonchev–Trinajstić information content (AvgIpc) is 2.64. The molecule has 1 fully saturated rings. The molecule has 2 amide bonds. The number of nitrogens with one attached hydrogen (secondary N) is 1. The van der Waals surface area contributed by atoms with Gasteiger partial charge >= 0.3 is 0 Å². The molecule has 94 valence electrons. The largest absolute Gasteiger partial charge is 0.315 e. The molecule has 0 aliphatic carbocycles. The van der Waals surface area contributed by atoms with Gasteiger partial charge in [-0.25, -0.2) is 0 Å². The number of amides is 2. The van der Waals surface area contributed by atoms with Gasteiger partial charge in [-0.1, -0.05) is 19.1 Å². The van der Waals surface area contributed by atoms with Crippen LogP contribution in [0, 0.1) is 5.92 Å². The topological polar surface area (TPSA) is 49.4 Å². The van der Waals surface area contributed by atoms with E-state index in [0.29, 0.717) is 23.6 Å². The molecule has 0 aromatic heterocycles. The van der Waals surface area contributed by atoms with Crippen LogP contribution in [0.25, 0.3) is 0 Å². The van der Waals surface area contributed by atoms with Crippen molar-refractivity contribution in [1.29, 1.82) is 0 Å². The molecule has 3 rings (SSSR count). The van der Waals surface area contributed by atoms with Crippen LogP contribution < -0.4 is 5.32 Å². The van der Waals surface area contributed by atoms with Gasteiger partial charge in [-0.15, -0.1) is 0 Å². The molecule has 0 radical (unpaired) electrons. The van der Waals surface area contributed by atoms with Gasteiger partial charge in [0, 0.05) is 6.54 Å². The van der Waals surface area contributed by atoms with Crippen LogP contribution in [0.4, 0.5) is 0 Å². The lowest BCUT2D eigenvalue weighted by Gasteiger charge is -2.35. The molecule has 4 nitrogen and oxygen atoms in total. The molecule has 1 unspecified atom stereocenters. The standard InChI is InChI=1S/C14H16N2O2/c1-9-6-7-15-8-12(9)16-13(17)10-4-2-3-5-11(10)14(16)18/h2-5,9,12,15H,6-8H2,1H3/t9?,12-/m0/s1. The maximum absolute atomic E-state index is 12.3. The van der Waals surface area contributed by atoms with Crippen molar-refractivity contribution >= 4 is 11.8 Å². The fourth-order valence-corrected chi connectivity index (χ4v) is 2.83. The Morgan fingerprint density at radius 2 is 1.78 bits per heavy atom. The molecule has 1 aromatic carbocycles. The van der Waals surface area contributed by atoms with E-state index in [2.05, 4.69) is 12.2 Å². The van der Waals surface area contributed by atoms with Gasteiger partial charge in [-0.2, -0.15) is 0 Å². The zero-order valence-electron chi connectivity index (χ0n) is 10.3. The number of benzene rings is 1. The number of piperidine rings is 1. The second kappa shape index (κ2) is 4.21. The van der Waals surface area contributed by atoms with Crippen LogP contribution in [0.1, 0.15) is 34.1 Å².